The van der Waals surface area contributed by atoms with Crippen molar-refractivity contribution in [3.8, 4) is 0 Å². The topological polar surface area (TPSA) is 26.3 Å². The predicted molar refractivity (Wildman–Crippen MR) is 128 cm³/mol. The van der Waals surface area contributed by atoms with Crippen molar-refractivity contribution in [3.63, 3.8) is 0 Å². The molecule has 2 rings (SSSR count). The normalized spacial score (nSPS) is 30.0. The monoisotopic (exact) mass is 414 g/mol. The summed E-state index contributed by atoms with van der Waals surface area (Å²) in [5.74, 6) is 1.88. The summed E-state index contributed by atoms with van der Waals surface area (Å²) in [6.45, 7) is 21.8. The third kappa shape index (κ3) is 4.48. The molecule has 0 unspecified atom stereocenters. The second kappa shape index (κ2) is 9.05. The third-order valence-corrected chi connectivity index (χ3v) is 7.43. The van der Waals surface area contributed by atoms with Crippen LogP contribution in [-0.4, -0.2) is 11.4 Å². The summed E-state index contributed by atoms with van der Waals surface area (Å²) in [6.07, 6.45) is 10.6. The van der Waals surface area contributed by atoms with E-state index in [1.54, 1.807) is 0 Å². The molecular weight excluding hydrogens is 368 g/mol. The Bertz CT molecular complexity index is 741. The van der Waals surface area contributed by atoms with Crippen LogP contribution >= 0.6 is 0 Å². The summed E-state index contributed by atoms with van der Waals surface area (Å²) >= 11 is 0. The van der Waals surface area contributed by atoms with Crippen molar-refractivity contribution in [1.82, 2.24) is 0 Å². The maximum Gasteiger partial charge on any atom is 0.149 e. The maximum absolute atomic E-state index is 14.1. The maximum atomic E-state index is 14.1. The van der Waals surface area contributed by atoms with Crippen molar-refractivity contribution in [3.05, 3.63) is 34.6 Å². The van der Waals surface area contributed by atoms with Gasteiger partial charge in [-0.2, -0.15) is 0 Å². The van der Waals surface area contributed by atoms with Crippen molar-refractivity contribution in [2.75, 3.05) is 0 Å². The Kier molecular flexibility index (Phi) is 7.53. The van der Waals surface area contributed by atoms with Crippen LogP contribution in [0.25, 0.3) is 0 Å². The van der Waals surface area contributed by atoms with Crippen LogP contribution in [0.2, 0.25) is 0 Å². The number of carbonyl (C=O) groups excluding carboxylic acids is 1. The standard InChI is InChI=1S/C28H46O2/c1-11-16-27(10)23(15-13-20(4)5)17-22(14-12-19(2)3)25-28(27,24(29)21(6)7)18-26(8,9)30-25/h12-13,21,23H,11,14-18H2,1-10H3/t23-,27+,28+/m0/s1. The molecule has 0 spiro atoms. The molecule has 2 nitrogen and oxygen atoms in total. The average molecular weight is 415 g/mol. The number of rotatable bonds is 8. The first-order valence-electron chi connectivity index (χ1n) is 12.0. The van der Waals surface area contributed by atoms with Crippen LogP contribution in [0.1, 0.15) is 108 Å². The number of allylic oxidation sites excluding steroid dienone is 6. The van der Waals surface area contributed by atoms with E-state index in [1.807, 2.05) is 0 Å². The van der Waals surface area contributed by atoms with Crippen LogP contribution in [0.15, 0.2) is 34.6 Å². The van der Waals surface area contributed by atoms with Crippen LogP contribution in [0.5, 0.6) is 0 Å². The fraction of sp³-hybridized carbons (Fsp3) is 0.750. The van der Waals surface area contributed by atoms with Crippen LogP contribution in [-0.2, 0) is 9.53 Å². The highest BCUT2D eigenvalue weighted by Crippen LogP contribution is 2.67. The fourth-order valence-corrected chi connectivity index (χ4v) is 6.05. The Morgan fingerprint density at radius 2 is 1.70 bits per heavy atom. The number of ketones is 1. The summed E-state index contributed by atoms with van der Waals surface area (Å²) in [7, 11) is 0. The van der Waals surface area contributed by atoms with Gasteiger partial charge in [-0.1, -0.05) is 57.4 Å². The number of Topliss-reactive ketones (excluding diaryl/α,β-unsaturated/α-hetero) is 1. The molecule has 0 amide bonds. The Labute approximate surface area is 186 Å². The number of carbonyl (C=O) groups is 1. The molecule has 1 aliphatic heterocycles. The lowest BCUT2D eigenvalue weighted by atomic mass is 9.47. The second-order valence-corrected chi connectivity index (χ2v) is 11.5. The van der Waals surface area contributed by atoms with Crippen LogP contribution in [0.3, 0.4) is 0 Å². The van der Waals surface area contributed by atoms with E-state index >= 15 is 0 Å². The zero-order chi connectivity index (χ0) is 22.9. The quantitative estimate of drug-likeness (QED) is 0.374. The van der Waals surface area contributed by atoms with Crippen molar-refractivity contribution >= 4 is 5.78 Å². The molecule has 0 aromatic rings. The molecule has 1 fully saturated rings. The number of fused-ring (bicyclic) bond motifs is 1. The Morgan fingerprint density at radius 1 is 1.10 bits per heavy atom. The van der Waals surface area contributed by atoms with E-state index in [1.165, 1.54) is 16.7 Å². The lowest BCUT2D eigenvalue weighted by Gasteiger charge is -2.54. The highest BCUT2D eigenvalue weighted by Gasteiger charge is 2.67. The molecule has 2 aliphatic rings. The average Bonchev–Trinajstić information content (AvgIpc) is 2.92. The van der Waals surface area contributed by atoms with Gasteiger partial charge in [0, 0.05) is 12.3 Å². The Morgan fingerprint density at radius 3 is 2.20 bits per heavy atom. The van der Waals surface area contributed by atoms with Crippen molar-refractivity contribution < 1.29 is 9.53 Å². The lowest BCUT2D eigenvalue weighted by molar-refractivity contribution is -0.142. The SMILES string of the molecule is CCC[C@]1(C)[C@@H](CC=C(C)C)CC(CC=C(C)C)=C2OC(C)(C)C[C@@]21C(=O)C(C)C. The largest absolute Gasteiger partial charge is 0.491 e. The minimum Gasteiger partial charge on any atom is -0.491 e. The predicted octanol–water partition coefficient (Wildman–Crippen LogP) is 8.19. The van der Waals surface area contributed by atoms with Gasteiger partial charge in [-0.05, 0) is 84.1 Å². The molecule has 0 bridgehead atoms. The summed E-state index contributed by atoms with van der Waals surface area (Å²) in [6, 6.07) is 0. The van der Waals surface area contributed by atoms with Crippen molar-refractivity contribution in [2.24, 2.45) is 22.7 Å². The smallest absolute Gasteiger partial charge is 0.149 e. The Balaban J connectivity index is 2.81. The minimum atomic E-state index is -0.510. The first-order chi connectivity index (χ1) is 13.8. The minimum absolute atomic E-state index is 0.000544. The molecule has 1 heterocycles. The van der Waals surface area contributed by atoms with Crippen LogP contribution in [0, 0.1) is 22.7 Å². The molecule has 1 saturated heterocycles. The van der Waals surface area contributed by atoms with E-state index in [9.17, 15) is 4.79 Å². The molecule has 0 saturated carbocycles. The van der Waals surface area contributed by atoms with Gasteiger partial charge in [-0.3, -0.25) is 4.79 Å². The molecule has 30 heavy (non-hydrogen) atoms. The van der Waals surface area contributed by atoms with E-state index in [0.717, 1.165) is 44.3 Å². The van der Waals surface area contributed by atoms with Crippen molar-refractivity contribution in [2.45, 2.75) is 113 Å². The molecule has 0 N–H and O–H groups in total. The highest BCUT2D eigenvalue weighted by molar-refractivity contribution is 5.91. The molecule has 2 heteroatoms. The lowest BCUT2D eigenvalue weighted by Crippen LogP contribution is -2.54. The van der Waals surface area contributed by atoms with E-state index in [0.29, 0.717) is 11.7 Å². The highest BCUT2D eigenvalue weighted by atomic mass is 16.5. The van der Waals surface area contributed by atoms with Gasteiger partial charge >= 0.3 is 0 Å². The summed E-state index contributed by atoms with van der Waals surface area (Å²) < 4.78 is 6.70. The van der Waals surface area contributed by atoms with E-state index < -0.39 is 5.41 Å². The molecule has 170 valence electrons. The zero-order valence-corrected chi connectivity index (χ0v) is 21.4. The first-order valence-corrected chi connectivity index (χ1v) is 12.0. The number of hydrogen-bond acceptors (Lipinski definition) is 2. The van der Waals surface area contributed by atoms with Gasteiger partial charge in [0.1, 0.15) is 17.1 Å². The Hall–Kier alpha value is -1.31. The molecule has 1 aliphatic carbocycles. The molecule has 0 aromatic heterocycles. The van der Waals surface area contributed by atoms with Gasteiger partial charge in [0.15, 0.2) is 0 Å². The summed E-state index contributed by atoms with van der Waals surface area (Å²) in [5.41, 5.74) is 3.13. The van der Waals surface area contributed by atoms with Crippen molar-refractivity contribution in [1.29, 1.82) is 0 Å². The van der Waals surface area contributed by atoms with Gasteiger partial charge < -0.3 is 4.74 Å². The fourth-order valence-electron chi connectivity index (χ4n) is 6.05. The van der Waals surface area contributed by atoms with Gasteiger partial charge in [0.2, 0.25) is 0 Å². The summed E-state index contributed by atoms with van der Waals surface area (Å²) in [4.78, 5) is 14.1. The molecule has 0 aromatic carbocycles. The second-order valence-electron chi connectivity index (χ2n) is 11.5. The zero-order valence-electron chi connectivity index (χ0n) is 21.4. The van der Waals surface area contributed by atoms with E-state index in [4.69, 9.17) is 4.74 Å². The molecular formula is C28H46O2. The number of hydrogen-bond donors (Lipinski definition) is 0. The first kappa shape index (κ1) is 25.0. The van der Waals surface area contributed by atoms with E-state index in [2.05, 4.69) is 81.4 Å². The summed E-state index contributed by atoms with van der Waals surface area (Å²) in [5, 5.41) is 0. The molecule has 3 atom stereocenters. The van der Waals surface area contributed by atoms with Gasteiger partial charge in [0.25, 0.3) is 0 Å². The van der Waals surface area contributed by atoms with Gasteiger partial charge in [-0.25, -0.2) is 0 Å². The van der Waals surface area contributed by atoms with Crippen LogP contribution in [0.4, 0.5) is 0 Å². The third-order valence-electron chi connectivity index (χ3n) is 7.43. The molecule has 0 radical (unpaired) electrons. The van der Waals surface area contributed by atoms with Gasteiger partial charge in [0.05, 0.1) is 5.41 Å². The van der Waals surface area contributed by atoms with E-state index in [-0.39, 0.29) is 16.9 Å². The van der Waals surface area contributed by atoms with Gasteiger partial charge in [-0.15, -0.1) is 0 Å². The number of ether oxygens (including phenoxy) is 1. The van der Waals surface area contributed by atoms with Crippen LogP contribution < -0.4 is 0 Å².